The molecule has 4 aromatic carbocycles. The maximum absolute atomic E-state index is 7.37. The molecular formula is C42H38N8O6Si. The smallest absolute Gasteiger partial charge is 0.382 e. The van der Waals surface area contributed by atoms with Crippen LogP contribution >= 0.6 is 0 Å². The van der Waals surface area contributed by atoms with Gasteiger partial charge in [0.05, 0.1) is 52.9 Å². The zero-order chi connectivity index (χ0) is 38.3. The van der Waals surface area contributed by atoms with Crippen LogP contribution < -0.4 is 11.0 Å². The van der Waals surface area contributed by atoms with Gasteiger partial charge in [0.15, 0.2) is 23.3 Å². The first-order chi connectivity index (χ1) is 28.2. The highest BCUT2D eigenvalue weighted by atomic mass is 28.4. The molecule has 0 saturated heterocycles. The fourth-order valence-electron chi connectivity index (χ4n) is 7.69. The number of fused-ring (bicyclic) bond motifs is 14. The van der Waals surface area contributed by atoms with E-state index in [-0.39, 0.29) is 26.4 Å². The fourth-order valence-corrected chi connectivity index (χ4v) is 10.9. The molecule has 0 unspecified atom stereocenters. The Hall–Kier alpha value is -5.78. The molecule has 10 rings (SSSR count). The number of rotatable bonds is 14. The number of amidine groups is 4. The van der Waals surface area contributed by atoms with E-state index in [9.17, 15) is 0 Å². The van der Waals surface area contributed by atoms with Crippen LogP contribution in [-0.4, -0.2) is 108 Å². The summed E-state index contributed by atoms with van der Waals surface area (Å²) in [7, 11) is -0.952. The van der Waals surface area contributed by atoms with E-state index in [1.54, 1.807) is 14.2 Å². The lowest BCUT2D eigenvalue weighted by molar-refractivity contribution is 0.0268. The molecular weight excluding hydrogens is 741 g/mol. The maximum Gasteiger partial charge on any atom is 0.603 e. The van der Waals surface area contributed by atoms with Crippen LogP contribution in [0.1, 0.15) is 22.3 Å². The van der Waals surface area contributed by atoms with Gasteiger partial charge in [0.25, 0.3) is 0 Å². The Morgan fingerprint density at radius 2 is 0.772 bits per heavy atom. The number of aliphatic imine (C=N–C) groups is 4. The van der Waals surface area contributed by atoms with Gasteiger partial charge in [0.1, 0.15) is 22.6 Å². The van der Waals surface area contributed by atoms with Crippen LogP contribution in [0.2, 0.25) is 0 Å². The topological polar surface area (TPSA) is 139 Å². The summed E-state index contributed by atoms with van der Waals surface area (Å²) in [5.41, 5.74) is 4.60. The molecule has 0 spiro atoms. The van der Waals surface area contributed by atoms with Crippen molar-refractivity contribution in [1.82, 2.24) is 8.47 Å². The second kappa shape index (κ2) is 14.9. The van der Waals surface area contributed by atoms with Gasteiger partial charge in [0.2, 0.25) is 0 Å². The number of benzene rings is 4. The van der Waals surface area contributed by atoms with Crippen molar-refractivity contribution in [3.63, 3.8) is 0 Å². The molecule has 2 aromatic heterocycles. The minimum Gasteiger partial charge on any atom is -0.382 e. The van der Waals surface area contributed by atoms with E-state index in [1.807, 2.05) is 106 Å². The van der Waals surface area contributed by atoms with Crippen LogP contribution in [0.25, 0.3) is 21.5 Å². The van der Waals surface area contributed by atoms with E-state index in [4.69, 9.17) is 57.8 Å². The predicted molar refractivity (Wildman–Crippen MR) is 218 cm³/mol. The average molecular weight is 779 g/mol. The average Bonchev–Trinajstić information content (AvgIpc) is 3.96. The minimum atomic E-state index is -4.25. The van der Waals surface area contributed by atoms with Crippen molar-refractivity contribution >= 4 is 65.4 Å². The van der Waals surface area contributed by atoms with Crippen molar-refractivity contribution in [3.8, 4) is 0 Å². The van der Waals surface area contributed by atoms with Crippen LogP contribution in [-0.2, 0) is 27.8 Å². The minimum absolute atomic E-state index is 0.150. The maximum atomic E-state index is 7.37. The lowest BCUT2D eigenvalue weighted by Gasteiger charge is -2.33. The largest absolute Gasteiger partial charge is 0.603 e. The van der Waals surface area contributed by atoms with Crippen molar-refractivity contribution in [2.45, 2.75) is 0 Å². The summed E-state index contributed by atoms with van der Waals surface area (Å²) < 4.78 is 41.4. The molecule has 15 heteroatoms. The first-order valence-corrected chi connectivity index (χ1v) is 20.6. The third-order valence-corrected chi connectivity index (χ3v) is 13.4. The van der Waals surface area contributed by atoms with E-state index in [2.05, 4.69) is 0 Å². The third-order valence-electron chi connectivity index (χ3n) is 10.2. The molecule has 0 saturated carbocycles. The molecule has 57 heavy (non-hydrogen) atoms. The molecule has 4 aliphatic heterocycles. The monoisotopic (exact) mass is 778 g/mol. The van der Waals surface area contributed by atoms with Gasteiger partial charge >= 0.3 is 8.88 Å². The van der Waals surface area contributed by atoms with Crippen molar-refractivity contribution in [3.05, 3.63) is 130 Å². The van der Waals surface area contributed by atoms with E-state index < -0.39 is 8.88 Å². The zero-order valence-corrected chi connectivity index (χ0v) is 32.4. The van der Waals surface area contributed by atoms with Crippen LogP contribution in [0, 0.1) is 0 Å². The second-order valence-corrected chi connectivity index (χ2v) is 16.1. The van der Waals surface area contributed by atoms with Gasteiger partial charge in [-0.3, -0.25) is 8.47 Å². The number of aromatic nitrogens is 2. The first-order valence-electron chi connectivity index (χ1n) is 18.9. The molecule has 286 valence electrons. The third kappa shape index (κ3) is 5.94. The molecule has 0 N–H and O–H groups in total. The molecule has 0 aliphatic carbocycles. The molecule has 6 aromatic rings. The van der Waals surface area contributed by atoms with Gasteiger partial charge in [0, 0.05) is 58.0 Å². The Balaban J connectivity index is 1.37. The number of ether oxygens (including phenoxy) is 4. The number of hydrogen-bond acceptors (Lipinski definition) is 12. The molecule has 0 fully saturated rings. The summed E-state index contributed by atoms with van der Waals surface area (Å²) in [6.45, 7) is 2.52. The quantitative estimate of drug-likeness (QED) is 0.116. The fraction of sp³-hybridized carbons (Fsp3) is 0.238. The van der Waals surface area contributed by atoms with Crippen molar-refractivity contribution in [2.75, 3.05) is 67.1 Å². The van der Waals surface area contributed by atoms with Crippen molar-refractivity contribution in [2.24, 2.45) is 30.0 Å². The van der Waals surface area contributed by atoms with Crippen molar-refractivity contribution in [1.29, 1.82) is 0 Å². The summed E-state index contributed by atoms with van der Waals surface area (Å²) in [5, 5.41) is 3.36. The highest BCUT2D eigenvalue weighted by Gasteiger charge is 2.53. The van der Waals surface area contributed by atoms with E-state index >= 15 is 0 Å². The lowest BCUT2D eigenvalue weighted by atomic mass is 10.1. The Morgan fingerprint density at radius 3 is 1.19 bits per heavy atom. The number of hydrogen-bond donors (Lipinski definition) is 0. The van der Waals surface area contributed by atoms with E-state index in [0.717, 1.165) is 43.8 Å². The van der Waals surface area contributed by atoms with Gasteiger partial charge in [-0.15, -0.1) is 0 Å². The van der Waals surface area contributed by atoms with E-state index in [0.29, 0.717) is 72.4 Å². The highest BCUT2D eigenvalue weighted by molar-refractivity contribution is 6.66. The predicted octanol–water partition coefficient (Wildman–Crippen LogP) is 4.73. The van der Waals surface area contributed by atoms with Crippen LogP contribution in [0.4, 0.5) is 11.6 Å². The molecule has 0 amide bonds. The van der Waals surface area contributed by atoms with Gasteiger partial charge in [-0.2, -0.15) is 0 Å². The Kier molecular flexibility index (Phi) is 9.34. The summed E-state index contributed by atoms with van der Waals surface area (Å²) in [6.07, 6.45) is 0. The first kappa shape index (κ1) is 35.6. The van der Waals surface area contributed by atoms with Crippen LogP contribution in [0.15, 0.2) is 127 Å². The summed E-state index contributed by atoms with van der Waals surface area (Å²) >= 11 is 0. The van der Waals surface area contributed by atoms with Crippen LogP contribution in [0.3, 0.4) is 0 Å². The van der Waals surface area contributed by atoms with Gasteiger partial charge in [-0.05, 0) is 0 Å². The van der Waals surface area contributed by atoms with Crippen LogP contribution in [0.5, 0.6) is 0 Å². The Labute approximate surface area is 328 Å². The summed E-state index contributed by atoms with van der Waals surface area (Å²) in [5.74, 6) is 3.23. The normalized spacial score (nSPS) is 18.6. The molecule has 4 aliphatic rings. The summed E-state index contributed by atoms with van der Waals surface area (Å²) in [6, 6.07) is 32.3. The van der Waals surface area contributed by atoms with Gasteiger partial charge in [-0.25, -0.2) is 30.0 Å². The van der Waals surface area contributed by atoms with Gasteiger partial charge < -0.3 is 27.8 Å². The SMILES string of the molecule is COCCOCCO[Si]1(OCCOCCOC)n2c3c4ccccc4c2/N=C2N=C(/N=c4/c5ccccc5/c(n41)=N/C1=NC(=N\3)/c3ccccc31)c1ccccc1\2. The summed E-state index contributed by atoms with van der Waals surface area (Å²) in [4.78, 5) is 32.0. The standard InChI is InChI=1S/C42H38N8O6Si/c1-51-19-21-53-23-25-55-57(56-26-24-54-22-20-52-2)49-39-31-15-7-8-16-32(31)41(49)47-37-29-13-5-6-14-30(29)38(44-37)48-42-34-18-10-9-17-33(34)40(50(42)57)46-36-28-12-4-3-11-27(28)35(43-36)45-39/h3-18H,19-26H2,1-2H3/b45-35-,45-39?,46-36?,46-40-,47-37-,47-41?,48-38?,48-42-. The Bertz CT molecular complexity index is 2640. The number of methoxy groups -OCH3 is 2. The second-order valence-electron chi connectivity index (χ2n) is 13.6. The Morgan fingerprint density at radius 1 is 0.404 bits per heavy atom. The van der Waals surface area contributed by atoms with Gasteiger partial charge in [-0.1, -0.05) is 97.1 Å². The molecule has 6 bridgehead atoms. The number of nitrogens with zero attached hydrogens (tertiary/aromatic N) is 8. The molecule has 6 heterocycles. The lowest BCUT2D eigenvalue weighted by Crippen LogP contribution is -2.64. The van der Waals surface area contributed by atoms with Crippen molar-refractivity contribution < 1.29 is 27.8 Å². The molecule has 14 nitrogen and oxygen atoms in total. The van der Waals surface area contributed by atoms with E-state index in [1.165, 1.54) is 0 Å². The highest BCUT2D eigenvalue weighted by Crippen LogP contribution is 2.43. The molecule has 0 radical (unpaired) electrons. The zero-order valence-electron chi connectivity index (χ0n) is 31.4. The molecule has 0 atom stereocenters.